The Morgan fingerprint density at radius 1 is 1.60 bits per heavy atom. The van der Waals surface area contributed by atoms with Crippen LogP contribution in [-0.4, -0.2) is 33.0 Å². The van der Waals surface area contributed by atoms with Crippen LogP contribution >= 0.6 is 11.8 Å². The van der Waals surface area contributed by atoms with Crippen molar-refractivity contribution in [3.8, 4) is 0 Å². The lowest BCUT2D eigenvalue weighted by Gasteiger charge is -2.08. The molecule has 0 aromatic carbocycles. The minimum Gasteiger partial charge on any atom is -0.478 e. The second kappa shape index (κ2) is 5.14. The van der Waals surface area contributed by atoms with Crippen LogP contribution in [0, 0.1) is 6.92 Å². The molecule has 0 saturated heterocycles. The van der Waals surface area contributed by atoms with Gasteiger partial charge in [0, 0.05) is 5.25 Å². The number of nitrogens with zero attached hydrogens (tertiary/aromatic N) is 1. The van der Waals surface area contributed by atoms with Crippen molar-refractivity contribution >= 4 is 17.7 Å². The summed E-state index contributed by atoms with van der Waals surface area (Å²) < 4.78 is 0. The van der Waals surface area contributed by atoms with Crippen LogP contribution < -0.4 is 0 Å². The smallest absolute Gasteiger partial charge is 0.337 e. The second-order valence-electron chi connectivity index (χ2n) is 3.20. The highest BCUT2D eigenvalue weighted by Crippen LogP contribution is 2.22. The van der Waals surface area contributed by atoms with E-state index in [1.165, 1.54) is 17.8 Å². The van der Waals surface area contributed by atoms with Crippen molar-refractivity contribution in [1.82, 2.24) is 4.98 Å². The second-order valence-corrected chi connectivity index (χ2v) is 4.66. The van der Waals surface area contributed by atoms with Gasteiger partial charge in [-0.15, -0.1) is 11.8 Å². The van der Waals surface area contributed by atoms with Gasteiger partial charge >= 0.3 is 5.97 Å². The van der Waals surface area contributed by atoms with Crippen molar-refractivity contribution in [2.75, 3.05) is 6.61 Å². The number of carboxylic acid groups (broad SMARTS) is 1. The maximum atomic E-state index is 10.7. The number of hydrogen-bond donors (Lipinski definition) is 2. The molecule has 0 aliphatic heterocycles. The maximum Gasteiger partial charge on any atom is 0.337 e. The zero-order valence-electron chi connectivity index (χ0n) is 8.60. The number of pyridine rings is 1. The molecule has 1 aromatic heterocycles. The lowest BCUT2D eigenvalue weighted by atomic mass is 10.2. The fraction of sp³-hybridized carbons (Fsp3) is 0.400. The molecule has 82 valence electrons. The third-order valence-electron chi connectivity index (χ3n) is 1.87. The molecule has 1 heterocycles. The molecular formula is C10H13NO3S. The molecule has 4 nitrogen and oxygen atoms in total. The average molecular weight is 227 g/mol. The lowest BCUT2D eigenvalue weighted by molar-refractivity contribution is 0.0695. The highest BCUT2D eigenvalue weighted by atomic mass is 32.2. The van der Waals surface area contributed by atoms with Crippen LogP contribution in [0.2, 0.25) is 0 Å². The highest BCUT2D eigenvalue weighted by Gasteiger charge is 2.10. The first kappa shape index (κ1) is 12.0. The lowest BCUT2D eigenvalue weighted by Crippen LogP contribution is -2.05. The minimum absolute atomic E-state index is 0.0626. The van der Waals surface area contributed by atoms with E-state index in [0.717, 1.165) is 5.03 Å². The van der Waals surface area contributed by atoms with Crippen molar-refractivity contribution in [2.24, 2.45) is 0 Å². The van der Waals surface area contributed by atoms with Gasteiger partial charge in [-0.25, -0.2) is 9.78 Å². The molecule has 5 heteroatoms. The molecule has 1 aromatic rings. The molecule has 0 spiro atoms. The van der Waals surface area contributed by atoms with E-state index >= 15 is 0 Å². The summed E-state index contributed by atoms with van der Waals surface area (Å²) >= 11 is 1.42. The quantitative estimate of drug-likeness (QED) is 0.764. The number of aromatic carboxylic acids is 1. The predicted octanol–water partition coefficient (Wildman–Crippen LogP) is 1.56. The summed E-state index contributed by atoms with van der Waals surface area (Å²) in [6.07, 6.45) is 0. The fourth-order valence-electron chi connectivity index (χ4n) is 1.07. The summed E-state index contributed by atoms with van der Waals surface area (Å²) in [5.74, 6) is -0.966. The maximum absolute atomic E-state index is 10.7. The predicted molar refractivity (Wildman–Crippen MR) is 58.3 cm³/mol. The van der Waals surface area contributed by atoms with Gasteiger partial charge in [-0.1, -0.05) is 6.92 Å². The fourth-order valence-corrected chi connectivity index (χ4v) is 1.90. The first-order valence-corrected chi connectivity index (χ1v) is 5.41. The number of aryl methyl sites for hydroxylation is 1. The molecule has 1 atom stereocenters. The molecule has 1 unspecified atom stereocenters. The van der Waals surface area contributed by atoms with Crippen LogP contribution in [0.5, 0.6) is 0 Å². The molecule has 2 N–H and O–H groups in total. The SMILES string of the molecule is Cc1nc(SC(C)CO)ccc1C(=O)O. The number of aliphatic hydroxyl groups excluding tert-OH is 1. The summed E-state index contributed by atoms with van der Waals surface area (Å²) in [4.78, 5) is 14.9. The third-order valence-corrected chi connectivity index (χ3v) is 2.89. The number of aliphatic hydroxyl groups is 1. The van der Waals surface area contributed by atoms with Crippen LogP contribution in [0.4, 0.5) is 0 Å². The molecule has 0 aliphatic rings. The Bertz CT molecular complexity index is 368. The Morgan fingerprint density at radius 3 is 2.73 bits per heavy atom. The summed E-state index contributed by atoms with van der Waals surface area (Å²) in [6, 6.07) is 3.20. The van der Waals surface area contributed by atoms with Gasteiger partial charge in [0.25, 0.3) is 0 Å². The molecule has 0 fully saturated rings. The standard InChI is InChI=1S/C10H13NO3S/c1-6(5-12)15-9-4-3-8(10(13)14)7(2)11-9/h3-4,6,12H,5H2,1-2H3,(H,13,14). The Labute approximate surface area is 92.3 Å². The summed E-state index contributed by atoms with van der Waals surface area (Å²) in [7, 11) is 0. The van der Waals surface area contributed by atoms with Gasteiger partial charge in [-0.2, -0.15) is 0 Å². The Balaban J connectivity index is 2.87. The topological polar surface area (TPSA) is 70.4 Å². The Kier molecular flexibility index (Phi) is 4.11. The number of carboxylic acids is 1. The van der Waals surface area contributed by atoms with Gasteiger partial charge in [-0.3, -0.25) is 0 Å². The number of aromatic nitrogens is 1. The Morgan fingerprint density at radius 2 is 2.27 bits per heavy atom. The number of thioether (sulfide) groups is 1. The zero-order chi connectivity index (χ0) is 11.4. The van der Waals surface area contributed by atoms with E-state index in [-0.39, 0.29) is 17.4 Å². The van der Waals surface area contributed by atoms with Crippen molar-refractivity contribution in [1.29, 1.82) is 0 Å². The number of rotatable bonds is 4. The Hall–Kier alpha value is -1.07. The van der Waals surface area contributed by atoms with E-state index in [2.05, 4.69) is 4.98 Å². The van der Waals surface area contributed by atoms with Gasteiger partial charge in [0.2, 0.25) is 0 Å². The number of carbonyl (C=O) groups is 1. The van der Waals surface area contributed by atoms with Crippen molar-refractivity contribution in [2.45, 2.75) is 24.1 Å². The average Bonchev–Trinajstić information content (AvgIpc) is 2.17. The van der Waals surface area contributed by atoms with Gasteiger partial charge in [0.05, 0.1) is 22.9 Å². The van der Waals surface area contributed by atoms with E-state index in [0.29, 0.717) is 5.69 Å². The van der Waals surface area contributed by atoms with E-state index in [1.807, 2.05) is 6.92 Å². The van der Waals surface area contributed by atoms with Crippen molar-refractivity contribution < 1.29 is 15.0 Å². The molecule has 15 heavy (non-hydrogen) atoms. The molecule has 0 amide bonds. The minimum atomic E-state index is -0.966. The largest absolute Gasteiger partial charge is 0.478 e. The van der Waals surface area contributed by atoms with Crippen LogP contribution in [0.1, 0.15) is 23.0 Å². The first-order valence-electron chi connectivity index (χ1n) is 4.53. The van der Waals surface area contributed by atoms with E-state index in [9.17, 15) is 4.79 Å². The number of hydrogen-bond acceptors (Lipinski definition) is 4. The molecule has 0 aliphatic carbocycles. The summed E-state index contributed by atoms with van der Waals surface area (Å²) in [5.41, 5.74) is 0.716. The normalized spacial score (nSPS) is 12.5. The summed E-state index contributed by atoms with van der Waals surface area (Å²) in [6.45, 7) is 3.62. The van der Waals surface area contributed by atoms with Gasteiger partial charge in [-0.05, 0) is 19.1 Å². The first-order chi connectivity index (χ1) is 7.04. The van der Waals surface area contributed by atoms with Crippen LogP contribution in [0.25, 0.3) is 0 Å². The zero-order valence-corrected chi connectivity index (χ0v) is 9.41. The third kappa shape index (κ3) is 3.21. The van der Waals surface area contributed by atoms with Gasteiger partial charge in [0.15, 0.2) is 0 Å². The van der Waals surface area contributed by atoms with Crippen LogP contribution in [-0.2, 0) is 0 Å². The van der Waals surface area contributed by atoms with E-state index in [1.54, 1.807) is 13.0 Å². The van der Waals surface area contributed by atoms with E-state index in [4.69, 9.17) is 10.2 Å². The molecule has 1 rings (SSSR count). The van der Waals surface area contributed by atoms with E-state index < -0.39 is 5.97 Å². The summed E-state index contributed by atoms with van der Waals surface area (Å²) in [5, 5.41) is 18.5. The van der Waals surface area contributed by atoms with Gasteiger partial charge < -0.3 is 10.2 Å². The van der Waals surface area contributed by atoms with Crippen LogP contribution in [0.15, 0.2) is 17.2 Å². The molecule has 0 saturated carbocycles. The monoisotopic (exact) mass is 227 g/mol. The molecule has 0 radical (unpaired) electrons. The molecule has 0 bridgehead atoms. The highest BCUT2D eigenvalue weighted by molar-refractivity contribution is 7.99. The van der Waals surface area contributed by atoms with Crippen molar-refractivity contribution in [3.63, 3.8) is 0 Å². The molecular weight excluding hydrogens is 214 g/mol. The van der Waals surface area contributed by atoms with Crippen molar-refractivity contribution in [3.05, 3.63) is 23.4 Å². The van der Waals surface area contributed by atoms with Gasteiger partial charge in [0.1, 0.15) is 0 Å². The van der Waals surface area contributed by atoms with Crippen LogP contribution in [0.3, 0.4) is 0 Å².